The summed E-state index contributed by atoms with van der Waals surface area (Å²) in [6, 6.07) is 6.65. The fourth-order valence-corrected chi connectivity index (χ4v) is 4.20. The van der Waals surface area contributed by atoms with Crippen LogP contribution in [0.4, 0.5) is 14.7 Å². The first-order valence-electron chi connectivity index (χ1n) is 11.5. The third-order valence-corrected chi connectivity index (χ3v) is 6.33. The normalized spacial score (nSPS) is 12.5. The summed E-state index contributed by atoms with van der Waals surface area (Å²) in [4.78, 5) is 40.1. The first-order valence-corrected chi connectivity index (χ1v) is 13.4. The van der Waals surface area contributed by atoms with E-state index in [-0.39, 0.29) is 23.2 Å². The highest BCUT2D eigenvalue weighted by molar-refractivity contribution is 7.19. The predicted octanol–water partition coefficient (Wildman–Crippen LogP) is 7.09. The number of ether oxygens (including phenoxy) is 3. The van der Waals surface area contributed by atoms with Crippen LogP contribution in [0.3, 0.4) is 0 Å². The van der Waals surface area contributed by atoms with Crippen LogP contribution in [0.25, 0.3) is 10.4 Å². The number of nitrogens with zero attached hydrogens (tertiary/aromatic N) is 1. The maximum absolute atomic E-state index is 12.3. The summed E-state index contributed by atoms with van der Waals surface area (Å²) < 4.78 is 13.2. The summed E-state index contributed by atoms with van der Waals surface area (Å²) in [5.41, 5.74) is 5.78. The van der Waals surface area contributed by atoms with E-state index in [1.807, 2.05) is 20.8 Å². The van der Waals surface area contributed by atoms with Gasteiger partial charge in [-0.2, -0.15) is 0 Å². The molecule has 0 aliphatic rings. The Morgan fingerprint density at radius 3 is 2.35 bits per heavy atom. The van der Waals surface area contributed by atoms with Crippen molar-refractivity contribution in [2.24, 2.45) is 11.1 Å². The van der Waals surface area contributed by atoms with Crippen molar-refractivity contribution in [2.75, 3.05) is 11.9 Å². The van der Waals surface area contributed by atoms with Gasteiger partial charge in [-0.1, -0.05) is 73.3 Å². The zero-order valence-corrected chi connectivity index (χ0v) is 23.8. The molecule has 1 atom stereocenters. The standard InChI is InChI=1S/C24H30Cl3N3O6S/c1-23(2,3)18(36-20(28)32)7-5-4-6-8-19(31)30-21-29-13-17(37-21)15-9-11-16(12-10-15)35-22(33)34-14-24(25,26)27/h9-13,18H,4-8,14H2,1-3H3,(H2,28,32)(H,29,30,31). The molecule has 1 heterocycles. The molecule has 1 aromatic heterocycles. The highest BCUT2D eigenvalue weighted by Gasteiger charge is 2.27. The number of alkyl halides is 3. The van der Waals surface area contributed by atoms with E-state index in [2.05, 4.69) is 10.3 Å². The molecule has 204 valence electrons. The van der Waals surface area contributed by atoms with Gasteiger partial charge in [0.15, 0.2) is 5.13 Å². The molecule has 0 saturated carbocycles. The second-order valence-corrected chi connectivity index (χ2v) is 12.8. The van der Waals surface area contributed by atoms with Crippen molar-refractivity contribution in [2.45, 2.75) is 62.8 Å². The summed E-state index contributed by atoms with van der Waals surface area (Å²) in [5.74, 6) is 0.130. The smallest absolute Gasteiger partial charge is 0.446 e. The Morgan fingerprint density at radius 1 is 1.08 bits per heavy atom. The molecule has 1 aromatic carbocycles. The van der Waals surface area contributed by atoms with E-state index < -0.39 is 22.6 Å². The van der Waals surface area contributed by atoms with Gasteiger partial charge in [0.25, 0.3) is 0 Å². The number of carbonyl (C=O) groups excluding carboxylic acids is 3. The topological polar surface area (TPSA) is 130 Å². The Kier molecular flexibility index (Phi) is 11.7. The number of primary amides is 1. The molecule has 0 fully saturated rings. The number of hydrogen-bond acceptors (Lipinski definition) is 8. The molecule has 37 heavy (non-hydrogen) atoms. The Balaban J connectivity index is 1.76. The molecule has 13 heteroatoms. The third kappa shape index (κ3) is 12.2. The Labute approximate surface area is 234 Å². The van der Waals surface area contributed by atoms with E-state index in [1.54, 1.807) is 30.5 Å². The fraction of sp³-hybridized carbons (Fsp3) is 0.500. The summed E-state index contributed by atoms with van der Waals surface area (Å²) >= 11 is 17.9. The van der Waals surface area contributed by atoms with E-state index in [9.17, 15) is 14.4 Å². The van der Waals surface area contributed by atoms with Crippen LogP contribution in [0, 0.1) is 5.41 Å². The van der Waals surface area contributed by atoms with Gasteiger partial charge in [-0.05, 0) is 54.5 Å². The quantitative estimate of drug-likeness (QED) is 0.123. The van der Waals surface area contributed by atoms with E-state index in [4.69, 9.17) is 54.7 Å². The van der Waals surface area contributed by atoms with Crippen LogP contribution in [0.5, 0.6) is 5.75 Å². The van der Waals surface area contributed by atoms with E-state index in [1.165, 1.54) is 11.3 Å². The summed E-state index contributed by atoms with van der Waals surface area (Å²) in [7, 11) is 0. The highest BCUT2D eigenvalue weighted by Crippen LogP contribution is 2.31. The van der Waals surface area contributed by atoms with Crippen LogP contribution < -0.4 is 15.8 Å². The number of nitrogens with one attached hydrogen (secondary N) is 1. The molecule has 2 aromatic rings. The van der Waals surface area contributed by atoms with Crippen LogP contribution in [0.15, 0.2) is 30.5 Å². The first kappa shape index (κ1) is 31.0. The lowest BCUT2D eigenvalue weighted by Crippen LogP contribution is -2.33. The van der Waals surface area contributed by atoms with E-state index in [0.717, 1.165) is 23.3 Å². The first-order chi connectivity index (χ1) is 17.2. The van der Waals surface area contributed by atoms with Gasteiger partial charge in [0, 0.05) is 12.6 Å². The van der Waals surface area contributed by atoms with Gasteiger partial charge in [0.05, 0.1) is 4.88 Å². The van der Waals surface area contributed by atoms with Crippen molar-refractivity contribution in [3.05, 3.63) is 30.5 Å². The average molecular weight is 595 g/mol. The number of anilines is 1. The minimum absolute atomic E-state index is 0.126. The molecule has 0 aliphatic carbocycles. The molecule has 2 amide bonds. The van der Waals surface area contributed by atoms with Crippen molar-refractivity contribution in [3.8, 4) is 16.2 Å². The number of nitrogens with two attached hydrogens (primary N) is 1. The lowest BCUT2D eigenvalue weighted by Gasteiger charge is -2.29. The number of carbonyl (C=O) groups is 3. The number of benzene rings is 1. The number of halogens is 3. The van der Waals surface area contributed by atoms with Gasteiger partial charge in [-0.25, -0.2) is 14.6 Å². The van der Waals surface area contributed by atoms with E-state index >= 15 is 0 Å². The number of thiazole rings is 1. The minimum atomic E-state index is -1.72. The molecular formula is C24H30Cl3N3O6S. The SMILES string of the molecule is CC(C)(C)C(CCCCCC(=O)Nc1ncc(-c2ccc(OC(=O)OCC(Cl)(Cl)Cl)cc2)s1)OC(N)=O. The van der Waals surface area contributed by atoms with Gasteiger partial charge in [0.1, 0.15) is 18.5 Å². The Bertz CT molecular complexity index is 1050. The summed E-state index contributed by atoms with van der Waals surface area (Å²) in [5, 5.41) is 3.29. The number of hydrogen-bond donors (Lipinski definition) is 2. The van der Waals surface area contributed by atoms with Crippen LogP contribution in [-0.2, 0) is 14.3 Å². The maximum Gasteiger partial charge on any atom is 0.513 e. The zero-order chi connectivity index (χ0) is 27.6. The number of unbranched alkanes of at least 4 members (excludes halogenated alkanes) is 2. The number of aromatic nitrogens is 1. The number of amides is 2. The maximum atomic E-state index is 12.3. The van der Waals surface area contributed by atoms with Crippen molar-refractivity contribution in [3.63, 3.8) is 0 Å². The van der Waals surface area contributed by atoms with E-state index in [0.29, 0.717) is 24.4 Å². The molecule has 0 spiro atoms. The molecule has 0 bridgehead atoms. The Hall–Kier alpha value is -2.27. The second kappa shape index (κ2) is 14.0. The Morgan fingerprint density at radius 2 is 1.76 bits per heavy atom. The summed E-state index contributed by atoms with van der Waals surface area (Å²) in [6.45, 7) is 5.54. The fourth-order valence-electron chi connectivity index (χ4n) is 3.20. The van der Waals surface area contributed by atoms with Crippen LogP contribution in [0.2, 0.25) is 0 Å². The van der Waals surface area contributed by atoms with Gasteiger partial charge in [0.2, 0.25) is 9.70 Å². The largest absolute Gasteiger partial charge is 0.513 e. The van der Waals surface area contributed by atoms with Crippen LogP contribution >= 0.6 is 46.1 Å². The van der Waals surface area contributed by atoms with Crippen LogP contribution in [0.1, 0.15) is 52.9 Å². The second-order valence-electron chi connectivity index (χ2n) is 9.25. The summed E-state index contributed by atoms with van der Waals surface area (Å²) in [6.07, 6.45) is 2.98. The van der Waals surface area contributed by atoms with Crippen molar-refractivity contribution < 1.29 is 28.6 Å². The van der Waals surface area contributed by atoms with Crippen molar-refractivity contribution in [1.82, 2.24) is 4.98 Å². The average Bonchev–Trinajstić information content (AvgIpc) is 3.24. The third-order valence-electron chi connectivity index (χ3n) is 5.04. The molecule has 0 aliphatic heterocycles. The predicted molar refractivity (Wildman–Crippen MR) is 145 cm³/mol. The molecular weight excluding hydrogens is 565 g/mol. The molecule has 3 N–H and O–H groups in total. The molecule has 1 unspecified atom stereocenters. The zero-order valence-electron chi connectivity index (χ0n) is 20.7. The van der Waals surface area contributed by atoms with Crippen molar-refractivity contribution in [1.29, 1.82) is 0 Å². The molecule has 9 nitrogen and oxygen atoms in total. The molecule has 0 saturated heterocycles. The van der Waals surface area contributed by atoms with Crippen molar-refractivity contribution >= 4 is 69.4 Å². The van der Waals surface area contributed by atoms with Gasteiger partial charge >= 0.3 is 12.2 Å². The number of rotatable bonds is 11. The lowest BCUT2D eigenvalue weighted by molar-refractivity contribution is -0.116. The lowest BCUT2D eigenvalue weighted by atomic mass is 9.86. The van der Waals surface area contributed by atoms with Gasteiger partial charge in [-0.3, -0.25) is 4.79 Å². The molecule has 2 rings (SSSR count). The molecule has 0 radical (unpaired) electrons. The van der Waals surface area contributed by atoms with Gasteiger partial charge < -0.3 is 25.3 Å². The van der Waals surface area contributed by atoms with Gasteiger partial charge in [-0.15, -0.1) is 0 Å². The highest BCUT2D eigenvalue weighted by atomic mass is 35.6. The monoisotopic (exact) mass is 593 g/mol. The van der Waals surface area contributed by atoms with Crippen LogP contribution in [-0.4, -0.2) is 39.6 Å². The minimum Gasteiger partial charge on any atom is -0.446 e.